The van der Waals surface area contributed by atoms with Crippen molar-refractivity contribution in [3.63, 3.8) is 0 Å². The lowest BCUT2D eigenvalue weighted by Gasteiger charge is -2.27. The van der Waals surface area contributed by atoms with Gasteiger partial charge in [-0.15, -0.1) is 0 Å². The third-order valence-electron chi connectivity index (χ3n) is 7.50. The molecule has 0 bridgehead atoms. The first kappa shape index (κ1) is 38.3. The van der Waals surface area contributed by atoms with E-state index in [0.29, 0.717) is 17.7 Å². The molecule has 1 heterocycles. The van der Waals surface area contributed by atoms with Gasteiger partial charge in [-0.25, -0.2) is 14.4 Å². The number of urea groups is 1. The van der Waals surface area contributed by atoms with E-state index >= 15 is 0 Å². The van der Waals surface area contributed by atoms with Crippen molar-refractivity contribution in [1.82, 2.24) is 26.2 Å². The van der Waals surface area contributed by atoms with E-state index in [0.717, 1.165) is 0 Å². The molecule has 4 atom stereocenters. The second kappa shape index (κ2) is 18.9. The van der Waals surface area contributed by atoms with Gasteiger partial charge in [-0.2, -0.15) is 0 Å². The van der Waals surface area contributed by atoms with Crippen LogP contribution in [0.3, 0.4) is 0 Å². The van der Waals surface area contributed by atoms with Gasteiger partial charge >= 0.3 is 18.1 Å². The summed E-state index contributed by atoms with van der Waals surface area (Å²) in [6, 6.07) is 2.70. The number of carbonyl (C=O) groups is 7. The summed E-state index contributed by atoms with van der Waals surface area (Å²) >= 11 is 0. The number of hydrogen-bond donors (Lipinski definition) is 7. The molecule has 1 aromatic rings. The summed E-state index contributed by atoms with van der Waals surface area (Å²) in [5.74, 6) is -2.99. The number of hydrogen-bond acceptors (Lipinski definition) is 10. The van der Waals surface area contributed by atoms with Gasteiger partial charge < -0.3 is 52.4 Å². The van der Waals surface area contributed by atoms with E-state index in [4.69, 9.17) is 20.9 Å². The number of esters is 1. The number of nitrogens with two attached hydrogens (primary N) is 2. The van der Waals surface area contributed by atoms with Gasteiger partial charge in [0.25, 0.3) is 0 Å². The largest absolute Gasteiger partial charge is 0.464 e. The van der Waals surface area contributed by atoms with Crippen molar-refractivity contribution in [2.45, 2.75) is 77.2 Å². The molecular formula is C30H46N8O9. The van der Waals surface area contributed by atoms with Crippen molar-refractivity contribution in [1.29, 1.82) is 0 Å². The molecule has 17 nitrogen and oxygen atoms in total. The zero-order valence-corrected chi connectivity index (χ0v) is 27.1. The summed E-state index contributed by atoms with van der Waals surface area (Å²) in [6.45, 7) is 5.78. The molecule has 1 aliphatic rings. The van der Waals surface area contributed by atoms with Crippen molar-refractivity contribution in [3.05, 3.63) is 29.8 Å². The topological polar surface area (TPSA) is 253 Å². The lowest BCUT2D eigenvalue weighted by atomic mass is 10.1. The van der Waals surface area contributed by atoms with Crippen LogP contribution in [0.5, 0.6) is 0 Å². The predicted molar refractivity (Wildman–Crippen MR) is 169 cm³/mol. The van der Waals surface area contributed by atoms with Crippen LogP contribution in [0.25, 0.3) is 0 Å². The Kier molecular flexibility index (Phi) is 15.4. The number of cyclic esters (lactones) is 1. The molecule has 1 aliphatic heterocycles. The van der Waals surface area contributed by atoms with Crippen LogP contribution in [0, 0.1) is 5.92 Å². The normalized spacial score (nSPS) is 15.8. The van der Waals surface area contributed by atoms with Crippen LogP contribution < -0.4 is 38.1 Å². The minimum Gasteiger partial charge on any atom is -0.464 e. The molecule has 0 aliphatic carbocycles. The van der Waals surface area contributed by atoms with E-state index in [2.05, 4.69) is 26.6 Å². The van der Waals surface area contributed by atoms with Gasteiger partial charge in [0.05, 0.1) is 25.6 Å². The van der Waals surface area contributed by atoms with Crippen LogP contribution in [-0.2, 0) is 40.1 Å². The molecule has 9 N–H and O–H groups in total. The van der Waals surface area contributed by atoms with Gasteiger partial charge in [0.1, 0.15) is 18.7 Å². The Morgan fingerprint density at radius 1 is 1.02 bits per heavy atom. The molecule has 0 radical (unpaired) electrons. The molecule has 4 unspecified atom stereocenters. The molecule has 0 saturated carbocycles. The van der Waals surface area contributed by atoms with Crippen LogP contribution >= 0.6 is 0 Å². The average molecular weight is 663 g/mol. The summed E-state index contributed by atoms with van der Waals surface area (Å²) in [4.78, 5) is 86.6. The van der Waals surface area contributed by atoms with Crippen LogP contribution in [0.2, 0.25) is 0 Å². The Bertz CT molecular complexity index is 1270. The Hall–Kier alpha value is -4.93. The highest BCUT2D eigenvalue weighted by molar-refractivity contribution is 5.98. The van der Waals surface area contributed by atoms with Crippen LogP contribution in [0.4, 0.5) is 15.3 Å². The van der Waals surface area contributed by atoms with Crippen molar-refractivity contribution in [3.8, 4) is 0 Å². The second-order valence-corrected chi connectivity index (χ2v) is 11.5. The summed E-state index contributed by atoms with van der Waals surface area (Å²) in [5, 5.41) is 12.4. The fourth-order valence-corrected chi connectivity index (χ4v) is 4.28. The minimum absolute atomic E-state index is 0.00145. The van der Waals surface area contributed by atoms with Crippen molar-refractivity contribution < 1.29 is 43.0 Å². The smallest absolute Gasteiger partial charge is 0.410 e. The third kappa shape index (κ3) is 13.5. The van der Waals surface area contributed by atoms with Gasteiger partial charge in [0.15, 0.2) is 0 Å². The standard InChI is InChI=1S/C30H46N8O9/c1-17(2)18(3)38(4)30(45)47-16-19-7-9-20(10-8-19)35-27(42)22(6-5-12-33-29(32)44)36-25(40)15-34-26(41)21(31)14-24(39)37-23-11-13-46-28(23)43/h7-10,17-18,21-23H,5-6,11-16,31H2,1-4H3,(H,34,41)(H,35,42)(H,36,40)(H,37,39)(H3,32,33,44). The first-order valence-corrected chi connectivity index (χ1v) is 15.3. The fraction of sp³-hybridized carbons (Fsp3) is 0.567. The highest BCUT2D eigenvalue weighted by Gasteiger charge is 2.29. The highest BCUT2D eigenvalue weighted by atomic mass is 16.6. The zero-order valence-electron chi connectivity index (χ0n) is 27.1. The number of rotatable bonds is 17. The summed E-state index contributed by atoms with van der Waals surface area (Å²) in [6.07, 6.45) is -0.158. The maximum atomic E-state index is 13.1. The van der Waals surface area contributed by atoms with E-state index in [1.165, 1.54) is 4.90 Å². The number of ether oxygens (including phenoxy) is 2. The Morgan fingerprint density at radius 2 is 1.70 bits per heavy atom. The van der Waals surface area contributed by atoms with Gasteiger partial charge in [0.2, 0.25) is 23.6 Å². The number of nitrogens with one attached hydrogen (secondary N) is 5. The summed E-state index contributed by atoms with van der Waals surface area (Å²) < 4.78 is 10.1. The molecule has 0 aromatic heterocycles. The van der Waals surface area contributed by atoms with Crippen molar-refractivity contribution in [2.75, 3.05) is 32.1 Å². The maximum Gasteiger partial charge on any atom is 0.410 e. The number of primary amides is 1. The molecule has 260 valence electrons. The first-order valence-electron chi connectivity index (χ1n) is 15.3. The predicted octanol–water partition coefficient (Wildman–Crippen LogP) is -0.563. The zero-order chi connectivity index (χ0) is 35.1. The highest BCUT2D eigenvalue weighted by Crippen LogP contribution is 2.14. The van der Waals surface area contributed by atoms with Gasteiger partial charge in [-0.1, -0.05) is 26.0 Å². The summed E-state index contributed by atoms with van der Waals surface area (Å²) in [7, 11) is 1.67. The number of nitrogens with zero attached hydrogens (tertiary/aromatic N) is 1. The maximum absolute atomic E-state index is 13.1. The van der Waals surface area contributed by atoms with Crippen molar-refractivity contribution >= 4 is 47.4 Å². The first-order chi connectivity index (χ1) is 22.2. The molecule has 17 heteroatoms. The number of anilines is 1. The number of carbonyl (C=O) groups excluding carboxylic acids is 7. The van der Waals surface area contributed by atoms with E-state index in [9.17, 15) is 33.6 Å². The lowest BCUT2D eigenvalue weighted by Crippen LogP contribution is -2.50. The van der Waals surface area contributed by atoms with E-state index < -0.39 is 72.8 Å². The second-order valence-electron chi connectivity index (χ2n) is 11.5. The van der Waals surface area contributed by atoms with E-state index in [1.54, 1.807) is 31.3 Å². The monoisotopic (exact) mass is 662 g/mol. The Morgan fingerprint density at radius 3 is 2.30 bits per heavy atom. The summed E-state index contributed by atoms with van der Waals surface area (Å²) in [5.41, 5.74) is 12.0. The van der Waals surface area contributed by atoms with Gasteiger partial charge in [-0.05, 0) is 43.4 Å². The molecule has 1 fully saturated rings. The van der Waals surface area contributed by atoms with Gasteiger partial charge in [0, 0.05) is 31.7 Å². The lowest BCUT2D eigenvalue weighted by molar-refractivity contribution is -0.141. The van der Waals surface area contributed by atoms with Crippen molar-refractivity contribution in [2.24, 2.45) is 17.4 Å². The number of benzene rings is 1. The third-order valence-corrected chi connectivity index (χ3v) is 7.50. The molecular weight excluding hydrogens is 616 g/mol. The minimum atomic E-state index is -1.30. The van der Waals surface area contributed by atoms with E-state index in [-0.39, 0.29) is 44.6 Å². The Balaban J connectivity index is 1.90. The van der Waals surface area contributed by atoms with Crippen LogP contribution in [-0.4, -0.2) is 97.5 Å². The average Bonchev–Trinajstić information content (AvgIpc) is 3.42. The Labute approximate surface area is 273 Å². The molecule has 1 saturated heterocycles. The molecule has 47 heavy (non-hydrogen) atoms. The van der Waals surface area contributed by atoms with E-state index in [1.807, 2.05) is 20.8 Å². The van der Waals surface area contributed by atoms with Crippen LogP contribution in [0.15, 0.2) is 24.3 Å². The van der Waals surface area contributed by atoms with Gasteiger partial charge in [-0.3, -0.25) is 19.2 Å². The molecule has 2 rings (SSSR count). The quantitative estimate of drug-likeness (QED) is 0.0826. The van der Waals surface area contributed by atoms with Crippen LogP contribution in [0.1, 0.15) is 52.0 Å². The molecule has 1 aromatic carbocycles. The molecule has 0 spiro atoms. The number of amides is 7. The SMILES string of the molecule is CC(C)C(C)N(C)C(=O)OCc1ccc(NC(=O)C(CCCNC(N)=O)NC(=O)CNC(=O)C(N)CC(=O)NC2CCOC2=O)cc1. The molecule has 7 amide bonds. The fourth-order valence-electron chi connectivity index (χ4n) is 4.28.